The zero-order valence-electron chi connectivity index (χ0n) is 6.89. The fourth-order valence-electron chi connectivity index (χ4n) is 1.09. The number of hydrogen-bond donors (Lipinski definition) is 1. The van der Waals surface area contributed by atoms with Crippen molar-refractivity contribution in [3.05, 3.63) is 29.0 Å². The Morgan fingerprint density at radius 3 is 2.77 bits per heavy atom. The molecule has 1 heterocycles. The Morgan fingerprint density at radius 1 is 1.46 bits per heavy atom. The predicted molar refractivity (Wildman–Crippen MR) is 48.7 cm³/mol. The van der Waals surface area contributed by atoms with Crippen molar-refractivity contribution >= 4 is 11.6 Å². The number of halogens is 2. The third-order valence-corrected chi connectivity index (χ3v) is 2.24. The van der Waals surface area contributed by atoms with Gasteiger partial charge >= 0.3 is 0 Å². The Hall–Kier alpha value is -0.800. The molecule has 4 heteroatoms. The molecule has 0 bridgehead atoms. The summed E-state index contributed by atoms with van der Waals surface area (Å²) in [6.45, 7) is 1.65. The van der Waals surface area contributed by atoms with E-state index in [9.17, 15) is 4.39 Å². The first-order valence-corrected chi connectivity index (χ1v) is 4.46. The molecule has 1 fully saturated rings. The highest BCUT2D eigenvalue weighted by Crippen LogP contribution is 2.21. The molecule has 0 aromatic heterocycles. The summed E-state index contributed by atoms with van der Waals surface area (Å²) in [5, 5.41) is 3.19. The molecule has 1 aliphatic rings. The van der Waals surface area contributed by atoms with E-state index in [1.165, 1.54) is 12.1 Å². The van der Waals surface area contributed by atoms with Gasteiger partial charge in [-0.05, 0) is 12.1 Å². The highest BCUT2D eigenvalue weighted by molar-refractivity contribution is 6.30. The van der Waals surface area contributed by atoms with Crippen molar-refractivity contribution in [1.82, 2.24) is 5.32 Å². The van der Waals surface area contributed by atoms with Gasteiger partial charge in [-0.15, -0.1) is 0 Å². The quantitative estimate of drug-likeness (QED) is 0.789. The average molecular weight is 202 g/mol. The van der Waals surface area contributed by atoms with Crippen LogP contribution in [0.5, 0.6) is 5.75 Å². The highest BCUT2D eigenvalue weighted by atomic mass is 35.5. The summed E-state index contributed by atoms with van der Waals surface area (Å²) in [5.74, 6) is 0.0971. The maximum atomic E-state index is 12.9. The van der Waals surface area contributed by atoms with Crippen LogP contribution in [0.15, 0.2) is 18.2 Å². The summed E-state index contributed by atoms with van der Waals surface area (Å²) in [7, 11) is 0. The smallest absolute Gasteiger partial charge is 0.145 e. The first-order chi connectivity index (χ1) is 6.25. The van der Waals surface area contributed by atoms with Gasteiger partial charge in [0, 0.05) is 19.2 Å². The van der Waals surface area contributed by atoms with Gasteiger partial charge in [0.15, 0.2) is 0 Å². The van der Waals surface area contributed by atoms with Crippen LogP contribution in [0, 0.1) is 5.82 Å². The second-order valence-corrected chi connectivity index (χ2v) is 3.38. The Balaban J connectivity index is 2.07. The largest absolute Gasteiger partial charge is 0.488 e. The fraction of sp³-hybridized carbons (Fsp3) is 0.333. The van der Waals surface area contributed by atoms with Crippen molar-refractivity contribution in [2.24, 2.45) is 0 Å². The van der Waals surface area contributed by atoms with Crippen molar-refractivity contribution in [3.8, 4) is 5.75 Å². The van der Waals surface area contributed by atoms with Gasteiger partial charge in [0.1, 0.15) is 17.7 Å². The van der Waals surface area contributed by atoms with Crippen LogP contribution in [-0.2, 0) is 0 Å². The van der Waals surface area contributed by atoms with Crippen molar-refractivity contribution in [1.29, 1.82) is 0 Å². The van der Waals surface area contributed by atoms with Crippen molar-refractivity contribution < 1.29 is 9.13 Å². The fourth-order valence-corrected chi connectivity index (χ4v) is 1.21. The molecule has 0 aliphatic carbocycles. The average Bonchev–Trinajstić information content (AvgIpc) is 2.04. The van der Waals surface area contributed by atoms with Crippen LogP contribution >= 0.6 is 11.6 Å². The maximum Gasteiger partial charge on any atom is 0.145 e. The van der Waals surface area contributed by atoms with E-state index in [0.29, 0.717) is 5.75 Å². The lowest BCUT2D eigenvalue weighted by molar-refractivity contribution is 0.142. The summed E-state index contributed by atoms with van der Waals surface area (Å²) in [6.07, 6.45) is 0.167. The first kappa shape index (κ1) is 8.78. The van der Waals surface area contributed by atoms with Gasteiger partial charge in [-0.1, -0.05) is 11.6 Å². The minimum atomic E-state index is -0.438. The summed E-state index contributed by atoms with van der Waals surface area (Å²) >= 11 is 5.52. The van der Waals surface area contributed by atoms with Gasteiger partial charge in [0.05, 0.1) is 5.02 Å². The number of rotatable bonds is 2. The number of nitrogens with one attached hydrogen (secondary N) is 1. The number of benzene rings is 1. The molecule has 0 spiro atoms. The Labute approximate surface area is 80.7 Å². The number of hydrogen-bond acceptors (Lipinski definition) is 2. The summed E-state index contributed by atoms with van der Waals surface area (Å²) in [6, 6.07) is 4.47. The molecule has 2 rings (SSSR count). The second-order valence-electron chi connectivity index (χ2n) is 2.97. The molecule has 0 unspecified atom stereocenters. The lowest BCUT2D eigenvalue weighted by atomic mass is 10.2. The molecule has 1 aliphatic heterocycles. The third kappa shape index (κ3) is 1.92. The van der Waals surface area contributed by atoms with Gasteiger partial charge < -0.3 is 10.1 Å². The van der Waals surface area contributed by atoms with Crippen LogP contribution in [0.4, 0.5) is 4.39 Å². The van der Waals surface area contributed by atoms with E-state index in [1.54, 1.807) is 6.07 Å². The minimum absolute atomic E-state index is 0.124. The second kappa shape index (κ2) is 3.52. The molecule has 0 radical (unpaired) electrons. The minimum Gasteiger partial charge on any atom is -0.488 e. The lowest BCUT2D eigenvalue weighted by Gasteiger charge is -2.27. The molecule has 0 atom stereocenters. The zero-order valence-corrected chi connectivity index (χ0v) is 7.64. The van der Waals surface area contributed by atoms with Crippen LogP contribution in [0.2, 0.25) is 5.02 Å². The molecule has 1 N–H and O–H groups in total. The van der Waals surface area contributed by atoms with Crippen molar-refractivity contribution in [2.75, 3.05) is 13.1 Å². The molecule has 0 saturated carbocycles. The molecule has 0 amide bonds. The molecule has 1 aromatic carbocycles. The van der Waals surface area contributed by atoms with E-state index in [2.05, 4.69) is 5.32 Å². The monoisotopic (exact) mass is 201 g/mol. The van der Waals surface area contributed by atoms with Gasteiger partial charge in [-0.2, -0.15) is 0 Å². The SMILES string of the molecule is Fc1cc(OC2CNC2)ccc1Cl. The molecule has 70 valence electrons. The van der Waals surface area contributed by atoms with E-state index < -0.39 is 5.82 Å². The molecule has 1 saturated heterocycles. The van der Waals surface area contributed by atoms with Crippen LogP contribution in [0.25, 0.3) is 0 Å². The van der Waals surface area contributed by atoms with E-state index in [-0.39, 0.29) is 11.1 Å². The van der Waals surface area contributed by atoms with E-state index in [1.807, 2.05) is 0 Å². The van der Waals surface area contributed by atoms with Gasteiger partial charge in [0.25, 0.3) is 0 Å². The Kier molecular flexibility index (Phi) is 2.38. The Morgan fingerprint density at radius 2 is 2.23 bits per heavy atom. The summed E-state index contributed by atoms with van der Waals surface area (Å²) < 4.78 is 18.3. The topological polar surface area (TPSA) is 21.3 Å². The van der Waals surface area contributed by atoms with Crippen LogP contribution in [0.3, 0.4) is 0 Å². The maximum absolute atomic E-state index is 12.9. The number of ether oxygens (including phenoxy) is 1. The Bertz CT molecular complexity index is 314. The van der Waals surface area contributed by atoms with Gasteiger partial charge in [-0.25, -0.2) is 4.39 Å². The normalized spacial score (nSPS) is 16.8. The van der Waals surface area contributed by atoms with E-state index in [0.717, 1.165) is 13.1 Å². The van der Waals surface area contributed by atoms with Crippen molar-refractivity contribution in [2.45, 2.75) is 6.10 Å². The van der Waals surface area contributed by atoms with Gasteiger partial charge in [0.2, 0.25) is 0 Å². The highest BCUT2D eigenvalue weighted by Gasteiger charge is 2.18. The first-order valence-electron chi connectivity index (χ1n) is 4.08. The van der Waals surface area contributed by atoms with Crippen LogP contribution < -0.4 is 10.1 Å². The summed E-state index contributed by atoms with van der Waals surface area (Å²) in [4.78, 5) is 0. The van der Waals surface area contributed by atoms with Crippen LogP contribution in [-0.4, -0.2) is 19.2 Å². The molecule has 13 heavy (non-hydrogen) atoms. The molecule has 2 nitrogen and oxygen atoms in total. The van der Waals surface area contributed by atoms with E-state index >= 15 is 0 Å². The zero-order chi connectivity index (χ0) is 9.26. The molecular weight excluding hydrogens is 193 g/mol. The van der Waals surface area contributed by atoms with Crippen LogP contribution in [0.1, 0.15) is 0 Å². The molecule has 1 aromatic rings. The standard InChI is InChI=1S/C9H9ClFNO/c10-8-2-1-6(3-9(8)11)13-7-4-12-5-7/h1-3,7,12H,4-5H2. The third-order valence-electron chi connectivity index (χ3n) is 1.94. The predicted octanol–water partition coefficient (Wildman–Crippen LogP) is 1.83. The van der Waals surface area contributed by atoms with Gasteiger partial charge in [-0.3, -0.25) is 0 Å². The summed E-state index contributed by atoms with van der Waals surface area (Å²) in [5.41, 5.74) is 0. The lowest BCUT2D eigenvalue weighted by Crippen LogP contribution is -2.50. The van der Waals surface area contributed by atoms with E-state index in [4.69, 9.17) is 16.3 Å². The molecular formula is C9H9ClFNO. The van der Waals surface area contributed by atoms with Crippen molar-refractivity contribution in [3.63, 3.8) is 0 Å².